The fourth-order valence-electron chi connectivity index (χ4n) is 2.99. The molecule has 0 aromatic heterocycles. The second-order valence-electron chi connectivity index (χ2n) is 6.15. The van der Waals surface area contributed by atoms with Crippen molar-refractivity contribution in [3.05, 3.63) is 77.2 Å². The van der Waals surface area contributed by atoms with E-state index in [-0.39, 0.29) is 24.4 Å². The van der Waals surface area contributed by atoms with E-state index in [1.165, 1.54) is 24.1 Å². The third-order valence-corrected chi connectivity index (χ3v) is 4.41. The molecule has 0 fully saturated rings. The number of ether oxygens (including phenoxy) is 2. The first-order chi connectivity index (χ1) is 13.5. The van der Waals surface area contributed by atoms with Gasteiger partial charge in [0, 0.05) is 12.6 Å². The number of urea groups is 1. The van der Waals surface area contributed by atoms with Crippen LogP contribution in [0.1, 0.15) is 18.5 Å². The molecule has 1 heterocycles. The fraction of sp³-hybridized carbons (Fsp3) is 0.238. The Morgan fingerprint density at radius 2 is 1.82 bits per heavy atom. The van der Waals surface area contributed by atoms with Crippen LogP contribution in [0.25, 0.3) is 0 Å². The number of benzene rings is 2. The molecule has 7 heteroatoms. The molecule has 0 spiro atoms. The van der Waals surface area contributed by atoms with Gasteiger partial charge in [-0.1, -0.05) is 36.4 Å². The summed E-state index contributed by atoms with van der Waals surface area (Å²) in [5.74, 6) is -0.572. The van der Waals surface area contributed by atoms with Crippen molar-refractivity contribution in [3.8, 4) is 5.75 Å². The molecule has 146 valence electrons. The lowest BCUT2D eigenvalue weighted by Crippen LogP contribution is -2.48. The third kappa shape index (κ3) is 3.98. The highest BCUT2D eigenvalue weighted by molar-refractivity contribution is 5.95. The monoisotopic (exact) mass is 384 g/mol. The summed E-state index contributed by atoms with van der Waals surface area (Å²) < 4.78 is 25.4. The van der Waals surface area contributed by atoms with Crippen molar-refractivity contribution in [2.75, 3.05) is 20.3 Å². The molecule has 0 unspecified atom stereocenters. The minimum absolute atomic E-state index is 0.0486. The zero-order valence-electron chi connectivity index (χ0n) is 15.6. The number of likely N-dealkylation sites (N-methyl/N-ethyl adjacent to an activating group) is 1. The lowest BCUT2D eigenvalue weighted by atomic mass is 9.94. The first-order valence-electron chi connectivity index (χ1n) is 8.89. The van der Waals surface area contributed by atoms with E-state index in [4.69, 9.17) is 9.47 Å². The number of rotatable bonds is 6. The summed E-state index contributed by atoms with van der Waals surface area (Å²) in [5, 5.41) is 2.67. The summed E-state index contributed by atoms with van der Waals surface area (Å²) in [4.78, 5) is 26.5. The van der Waals surface area contributed by atoms with Crippen LogP contribution in [0.15, 0.2) is 65.9 Å². The number of para-hydroxylation sites is 1. The molecule has 28 heavy (non-hydrogen) atoms. The number of amides is 2. The van der Waals surface area contributed by atoms with Gasteiger partial charge >= 0.3 is 12.0 Å². The number of hydrogen-bond donors (Lipinski definition) is 1. The van der Waals surface area contributed by atoms with Crippen LogP contribution >= 0.6 is 0 Å². The predicted molar refractivity (Wildman–Crippen MR) is 101 cm³/mol. The van der Waals surface area contributed by atoms with Crippen molar-refractivity contribution in [1.82, 2.24) is 10.2 Å². The number of carbonyl (C=O) groups excluding carboxylic acids is 2. The lowest BCUT2D eigenvalue weighted by Gasteiger charge is -2.34. The van der Waals surface area contributed by atoms with Crippen LogP contribution in [0, 0.1) is 5.82 Å². The molecule has 1 N–H and O–H groups in total. The zero-order valence-corrected chi connectivity index (χ0v) is 15.6. The fourth-order valence-corrected chi connectivity index (χ4v) is 2.99. The van der Waals surface area contributed by atoms with Crippen LogP contribution in [-0.4, -0.2) is 37.2 Å². The summed E-state index contributed by atoms with van der Waals surface area (Å²) in [6, 6.07) is 13.6. The predicted octanol–water partition coefficient (Wildman–Crippen LogP) is 3.42. The topological polar surface area (TPSA) is 67.9 Å². The van der Waals surface area contributed by atoms with E-state index in [2.05, 4.69) is 5.32 Å². The van der Waals surface area contributed by atoms with Gasteiger partial charge in [-0.25, -0.2) is 14.0 Å². The van der Waals surface area contributed by atoms with E-state index >= 15 is 0 Å². The number of hydrogen-bond acceptors (Lipinski definition) is 4. The Bertz CT molecular complexity index is 898. The van der Waals surface area contributed by atoms with Gasteiger partial charge < -0.3 is 14.8 Å². The standard InChI is InChI=1S/C21H21FN2O4/c1-3-27-20(25)18-17(13-28-14-9-5-4-6-10-14)24(2)21(26)23-19(18)15-11-7-8-12-16(15)22/h4-12,19H,3,13H2,1-2H3,(H,23,26)/t19-/m1/s1. The highest BCUT2D eigenvalue weighted by Gasteiger charge is 2.38. The Labute approximate surface area is 162 Å². The van der Waals surface area contributed by atoms with Gasteiger partial charge in [0.15, 0.2) is 0 Å². The van der Waals surface area contributed by atoms with Crippen molar-refractivity contribution in [1.29, 1.82) is 0 Å². The summed E-state index contributed by atoms with van der Waals surface area (Å²) >= 11 is 0. The van der Waals surface area contributed by atoms with Gasteiger partial charge in [-0.05, 0) is 25.1 Å². The maximum absolute atomic E-state index is 14.4. The molecule has 0 saturated heterocycles. The van der Waals surface area contributed by atoms with Gasteiger partial charge in [-0.15, -0.1) is 0 Å². The third-order valence-electron chi connectivity index (χ3n) is 4.41. The Morgan fingerprint density at radius 3 is 2.50 bits per heavy atom. The molecule has 1 atom stereocenters. The molecule has 0 bridgehead atoms. The highest BCUT2D eigenvalue weighted by Crippen LogP contribution is 2.32. The van der Waals surface area contributed by atoms with E-state index in [1.807, 2.05) is 18.2 Å². The van der Waals surface area contributed by atoms with Crippen molar-refractivity contribution < 1.29 is 23.5 Å². The first-order valence-corrected chi connectivity index (χ1v) is 8.89. The SMILES string of the molecule is CCOC(=O)C1=C(COc2ccccc2)N(C)C(=O)N[C@@H]1c1ccccc1F. The molecule has 3 rings (SSSR count). The van der Waals surface area contributed by atoms with Crippen LogP contribution in [0.4, 0.5) is 9.18 Å². The Morgan fingerprint density at radius 1 is 1.14 bits per heavy atom. The van der Waals surface area contributed by atoms with E-state index < -0.39 is 23.9 Å². The summed E-state index contributed by atoms with van der Waals surface area (Å²) in [6.45, 7) is 1.78. The molecular weight excluding hydrogens is 363 g/mol. The van der Waals surface area contributed by atoms with E-state index in [0.717, 1.165) is 0 Å². The zero-order chi connectivity index (χ0) is 20.1. The van der Waals surface area contributed by atoms with Crippen molar-refractivity contribution in [3.63, 3.8) is 0 Å². The molecule has 1 aliphatic heterocycles. The normalized spacial score (nSPS) is 16.6. The first kappa shape index (κ1) is 19.4. The Kier molecular flexibility index (Phi) is 5.93. The summed E-state index contributed by atoms with van der Waals surface area (Å²) in [6.07, 6.45) is 0. The smallest absolute Gasteiger partial charge is 0.338 e. The van der Waals surface area contributed by atoms with E-state index in [1.54, 1.807) is 31.2 Å². The molecule has 6 nitrogen and oxygen atoms in total. The van der Waals surface area contributed by atoms with Crippen LogP contribution in [0.3, 0.4) is 0 Å². The molecule has 2 amide bonds. The number of nitrogens with zero attached hydrogens (tertiary/aromatic N) is 1. The molecule has 2 aromatic rings. The minimum Gasteiger partial charge on any atom is -0.487 e. The molecule has 0 saturated carbocycles. The molecular formula is C21H21FN2O4. The van der Waals surface area contributed by atoms with Gasteiger partial charge in [0.2, 0.25) is 0 Å². The van der Waals surface area contributed by atoms with Crippen LogP contribution < -0.4 is 10.1 Å². The number of esters is 1. The molecule has 0 aliphatic carbocycles. The van der Waals surface area contributed by atoms with Crippen LogP contribution in [0.2, 0.25) is 0 Å². The van der Waals surface area contributed by atoms with Gasteiger partial charge in [0.25, 0.3) is 0 Å². The Balaban J connectivity index is 2.05. The minimum atomic E-state index is -0.974. The number of halogens is 1. The van der Waals surface area contributed by atoms with Gasteiger partial charge in [-0.2, -0.15) is 0 Å². The summed E-state index contributed by atoms with van der Waals surface area (Å²) in [5.41, 5.74) is 0.647. The Hall–Kier alpha value is -3.35. The average molecular weight is 384 g/mol. The number of nitrogens with one attached hydrogen (secondary N) is 1. The van der Waals surface area contributed by atoms with Gasteiger partial charge in [-0.3, -0.25) is 4.90 Å². The molecule has 2 aromatic carbocycles. The molecule has 0 radical (unpaired) electrons. The van der Waals surface area contributed by atoms with Crippen LogP contribution in [0.5, 0.6) is 5.75 Å². The largest absolute Gasteiger partial charge is 0.487 e. The molecule has 1 aliphatic rings. The highest BCUT2D eigenvalue weighted by atomic mass is 19.1. The maximum atomic E-state index is 14.4. The summed E-state index contributed by atoms with van der Waals surface area (Å²) in [7, 11) is 1.52. The second-order valence-corrected chi connectivity index (χ2v) is 6.15. The second kappa shape index (κ2) is 8.56. The van der Waals surface area contributed by atoms with Gasteiger partial charge in [0.05, 0.1) is 23.9 Å². The van der Waals surface area contributed by atoms with Crippen molar-refractivity contribution in [2.45, 2.75) is 13.0 Å². The number of carbonyl (C=O) groups is 2. The van der Waals surface area contributed by atoms with Gasteiger partial charge in [0.1, 0.15) is 18.2 Å². The van der Waals surface area contributed by atoms with Crippen molar-refractivity contribution >= 4 is 12.0 Å². The van der Waals surface area contributed by atoms with E-state index in [0.29, 0.717) is 11.4 Å². The average Bonchev–Trinajstić information content (AvgIpc) is 2.70. The lowest BCUT2D eigenvalue weighted by molar-refractivity contribution is -0.139. The van der Waals surface area contributed by atoms with Crippen molar-refractivity contribution in [2.24, 2.45) is 0 Å². The quantitative estimate of drug-likeness (QED) is 0.775. The van der Waals surface area contributed by atoms with E-state index in [9.17, 15) is 14.0 Å². The maximum Gasteiger partial charge on any atom is 0.338 e. The van der Waals surface area contributed by atoms with Crippen LogP contribution in [-0.2, 0) is 9.53 Å².